The Morgan fingerprint density at radius 1 is 1.43 bits per heavy atom. The third kappa shape index (κ3) is 1.16. The van der Waals surface area contributed by atoms with E-state index in [0.717, 1.165) is 0 Å². The number of anilines is 1. The molecule has 4 heteroatoms. The number of carbonyl (C=O) groups excluding carboxylic acids is 2. The Balaban J connectivity index is 2.45. The van der Waals surface area contributed by atoms with Gasteiger partial charge in [-0.15, -0.1) is 0 Å². The van der Waals surface area contributed by atoms with Gasteiger partial charge in [0.05, 0.1) is 5.69 Å². The molecular formula is C10H9NO3. The van der Waals surface area contributed by atoms with E-state index in [1.165, 1.54) is 6.92 Å². The van der Waals surface area contributed by atoms with E-state index in [1.807, 2.05) is 0 Å². The predicted octanol–water partition coefficient (Wildman–Crippen LogP) is 0.975. The highest BCUT2D eigenvalue weighted by molar-refractivity contribution is 6.09. The van der Waals surface area contributed by atoms with Crippen LogP contribution in [0.25, 0.3) is 0 Å². The van der Waals surface area contributed by atoms with Crippen molar-refractivity contribution in [2.75, 3.05) is 5.32 Å². The van der Waals surface area contributed by atoms with E-state index in [2.05, 4.69) is 5.32 Å². The monoisotopic (exact) mass is 191 g/mol. The van der Waals surface area contributed by atoms with Crippen LogP contribution in [0.15, 0.2) is 24.3 Å². The predicted molar refractivity (Wildman–Crippen MR) is 50.2 cm³/mol. The van der Waals surface area contributed by atoms with Gasteiger partial charge < -0.3 is 10.1 Å². The number of para-hydroxylation sites is 2. The van der Waals surface area contributed by atoms with Crippen LogP contribution in [0.4, 0.5) is 5.69 Å². The third-order valence-electron chi connectivity index (χ3n) is 2.13. The van der Waals surface area contributed by atoms with Crippen LogP contribution >= 0.6 is 0 Å². The molecule has 1 heterocycles. The van der Waals surface area contributed by atoms with Crippen LogP contribution < -0.4 is 10.1 Å². The Morgan fingerprint density at radius 2 is 2.14 bits per heavy atom. The molecule has 4 nitrogen and oxygen atoms in total. The number of amides is 1. The van der Waals surface area contributed by atoms with E-state index in [4.69, 9.17) is 4.74 Å². The lowest BCUT2D eigenvalue weighted by atomic mass is 10.1. The molecule has 14 heavy (non-hydrogen) atoms. The fraction of sp³-hybridized carbons (Fsp3) is 0.200. The molecule has 0 saturated heterocycles. The quantitative estimate of drug-likeness (QED) is 0.531. The fourth-order valence-electron chi connectivity index (χ4n) is 1.26. The summed E-state index contributed by atoms with van der Waals surface area (Å²) in [5.41, 5.74) is -0.814. The van der Waals surface area contributed by atoms with Gasteiger partial charge in [-0.2, -0.15) is 0 Å². The van der Waals surface area contributed by atoms with Crippen molar-refractivity contribution >= 4 is 17.9 Å². The molecule has 0 saturated carbocycles. The van der Waals surface area contributed by atoms with Crippen LogP contribution in [-0.4, -0.2) is 17.8 Å². The molecule has 1 aliphatic heterocycles. The molecule has 1 aliphatic rings. The van der Waals surface area contributed by atoms with Gasteiger partial charge in [-0.25, -0.2) is 0 Å². The van der Waals surface area contributed by atoms with Gasteiger partial charge in [0.2, 0.25) is 5.60 Å². The first-order valence-electron chi connectivity index (χ1n) is 4.21. The van der Waals surface area contributed by atoms with Gasteiger partial charge in [0, 0.05) is 0 Å². The maximum absolute atomic E-state index is 11.4. The van der Waals surface area contributed by atoms with E-state index in [0.29, 0.717) is 17.7 Å². The average Bonchev–Trinajstić information content (AvgIpc) is 2.20. The van der Waals surface area contributed by atoms with Gasteiger partial charge in [-0.05, 0) is 19.1 Å². The van der Waals surface area contributed by atoms with Crippen LogP contribution in [0.2, 0.25) is 0 Å². The lowest BCUT2D eigenvalue weighted by Gasteiger charge is -2.29. The van der Waals surface area contributed by atoms with Crippen LogP contribution in [0.3, 0.4) is 0 Å². The second kappa shape index (κ2) is 2.83. The van der Waals surface area contributed by atoms with Crippen LogP contribution in [0.1, 0.15) is 6.92 Å². The molecule has 1 N–H and O–H groups in total. The molecule has 1 aromatic carbocycles. The highest BCUT2D eigenvalue weighted by atomic mass is 16.5. The SMILES string of the molecule is CC1(C=O)Oc2ccccc2NC1=O. The lowest BCUT2D eigenvalue weighted by molar-refractivity contribution is -0.138. The second-order valence-electron chi connectivity index (χ2n) is 3.28. The normalized spacial score (nSPS) is 24.5. The topological polar surface area (TPSA) is 55.4 Å². The Hall–Kier alpha value is -1.84. The maximum Gasteiger partial charge on any atom is 0.275 e. The number of ether oxygens (including phenoxy) is 1. The smallest absolute Gasteiger partial charge is 0.275 e. The minimum Gasteiger partial charge on any atom is -0.468 e. The molecular weight excluding hydrogens is 182 g/mol. The molecule has 1 amide bonds. The maximum atomic E-state index is 11.4. The highest BCUT2D eigenvalue weighted by Gasteiger charge is 2.39. The van der Waals surface area contributed by atoms with Gasteiger partial charge in [-0.1, -0.05) is 12.1 Å². The number of rotatable bonds is 1. The van der Waals surface area contributed by atoms with Crippen molar-refractivity contribution in [3.05, 3.63) is 24.3 Å². The zero-order valence-corrected chi connectivity index (χ0v) is 7.61. The van der Waals surface area contributed by atoms with Crippen molar-refractivity contribution in [3.63, 3.8) is 0 Å². The summed E-state index contributed by atoms with van der Waals surface area (Å²) in [6.45, 7) is 1.44. The van der Waals surface area contributed by atoms with Crippen molar-refractivity contribution < 1.29 is 14.3 Å². The summed E-state index contributed by atoms with van der Waals surface area (Å²) >= 11 is 0. The lowest BCUT2D eigenvalue weighted by Crippen LogP contribution is -2.49. The van der Waals surface area contributed by atoms with E-state index >= 15 is 0 Å². The summed E-state index contributed by atoms with van der Waals surface area (Å²) in [6.07, 6.45) is 0.498. The minimum absolute atomic E-state index is 0.439. The van der Waals surface area contributed by atoms with E-state index in [-0.39, 0.29) is 0 Å². The first-order chi connectivity index (χ1) is 6.65. The summed E-state index contributed by atoms with van der Waals surface area (Å²) in [4.78, 5) is 22.2. The highest BCUT2D eigenvalue weighted by Crippen LogP contribution is 2.32. The molecule has 0 radical (unpaired) electrons. The van der Waals surface area contributed by atoms with Crippen molar-refractivity contribution in [3.8, 4) is 5.75 Å². The number of hydrogen-bond donors (Lipinski definition) is 1. The second-order valence-corrected chi connectivity index (χ2v) is 3.28. The Labute approximate surface area is 80.9 Å². The first-order valence-corrected chi connectivity index (χ1v) is 4.21. The van der Waals surface area contributed by atoms with Gasteiger partial charge in [-0.3, -0.25) is 9.59 Å². The molecule has 1 unspecified atom stereocenters. The Bertz CT molecular complexity index is 402. The fourth-order valence-corrected chi connectivity index (χ4v) is 1.26. The molecule has 72 valence electrons. The zero-order chi connectivity index (χ0) is 10.2. The summed E-state index contributed by atoms with van der Waals surface area (Å²) in [7, 11) is 0. The van der Waals surface area contributed by atoms with Gasteiger partial charge >= 0.3 is 0 Å². The molecule has 0 bridgehead atoms. The van der Waals surface area contributed by atoms with Crippen molar-refractivity contribution in [1.29, 1.82) is 0 Å². The summed E-state index contributed by atoms with van der Waals surface area (Å²) in [5.74, 6) is 0.0768. The number of carbonyl (C=O) groups is 2. The number of fused-ring (bicyclic) bond motifs is 1. The first kappa shape index (κ1) is 8.74. The van der Waals surface area contributed by atoms with Crippen LogP contribution in [-0.2, 0) is 9.59 Å². The van der Waals surface area contributed by atoms with E-state index in [9.17, 15) is 9.59 Å². The third-order valence-corrected chi connectivity index (χ3v) is 2.13. The number of nitrogens with one attached hydrogen (secondary N) is 1. The zero-order valence-electron chi connectivity index (χ0n) is 7.61. The van der Waals surface area contributed by atoms with E-state index in [1.54, 1.807) is 24.3 Å². The molecule has 0 aromatic heterocycles. The molecule has 0 fully saturated rings. The van der Waals surface area contributed by atoms with Gasteiger partial charge in [0.25, 0.3) is 5.91 Å². The summed E-state index contributed by atoms with van der Waals surface area (Å²) < 4.78 is 5.30. The van der Waals surface area contributed by atoms with Gasteiger partial charge in [0.1, 0.15) is 5.75 Å². The van der Waals surface area contributed by atoms with Crippen LogP contribution in [0, 0.1) is 0 Å². The van der Waals surface area contributed by atoms with Gasteiger partial charge in [0.15, 0.2) is 6.29 Å². The van der Waals surface area contributed by atoms with E-state index < -0.39 is 11.5 Å². The van der Waals surface area contributed by atoms with Crippen molar-refractivity contribution in [1.82, 2.24) is 0 Å². The standard InChI is InChI=1S/C10H9NO3/c1-10(6-12)9(13)11-7-4-2-3-5-8(7)14-10/h2-6H,1H3,(H,11,13). The Morgan fingerprint density at radius 3 is 2.86 bits per heavy atom. The number of hydrogen-bond acceptors (Lipinski definition) is 3. The van der Waals surface area contributed by atoms with Crippen molar-refractivity contribution in [2.24, 2.45) is 0 Å². The average molecular weight is 191 g/mol. The molecule has 2 rings (SSSR count). The Kier molecular flexibility index (Phi) is 1.77. The minimum atomic E-state index is -1.41. The van der Waals surface area contributed by atoms with Crippen molar-refractivity contribution in [2.45, 2.75) is 12.5 Å². The summed E-state index contributed by atoms with van der Waals surface area (Å²) in [6, 6.07) is 6.99. The molecule has 0 aliphatic carbocycles. The summed E-state index contributed by atoms with van der Waals surface area (Å²) in [5, 5.41) is 2.61. The largest absolute Gasteiger partial charge is 0.468 e. The molecule has 1 aromatic rings. The molecule has 1 atom stereocenters. The number of benzene rings is 1. The number of aldehydes is 1. The molecule has 0 spiro atoms. The van der Waals surface area contributed by atoms with Crippen LogP contribution in [0.5, 0.6) is 5.75 Å².